The lowest BCUT2D eigenvalue weighted by Gasteiger charge is -2.25. The van der Waals surface area contributed by atoms with E-state index in [-0.39, 0.29) is 0 Å². The van der Waals surface area contributed by atoms with Gasteiger partial charge in [-0.15, -0.1) is 6.58 Å². The molecule has 0 unspecified atom stereocenters. The van der Waals surface area contributed by atoms with E-state index in [4.69, 9.17) is 28.2 Å². The monoisotopic (exact) mass is 309 g/mol. The number of halogens is 2. The third kappa shape index (κ3) is 4.10. The third-order valence-electron chi connectivity index (χ3n) is 3.68. The Balaban J connectivity index is 2.33. The van der Waals surface area contributed by atoms with Crippen LogP contribution in [0, 0.1) is 0 Å². The summed E-state index contributed by atoms with van der Waals surface area (Å²) in [6.07, 6.45) is 8.31. The number of nitrogens with zero attached hydrogens (tertiary/aromatic N) is 1. The normalized spacial score (nSPS) is 18.0. The van der Waals surface area contributed by atoms with Gasteiger partial charge in [-0.05, 0) is 18.4 Å². The molecule has 1 fully saturated rings. The van der Waals surface area contributed by atoms with Crippen molar-refractivity contribution in [3.63, 3.8) is 0 Å². The van der Waals surface area contributed by atoms with E-state index >= 15 is 0 Å². The number of aliphatic imine (C=N–C) groups is 1. The summed E-state index contributed by atoms with van der Waals surface area (Å²) in [6.45, 7) is 3.74. The Hall–Kier alpha value is -0.790. The van der Waals surface area contributed by atoms with Crippen molar-refractivity contribution in [1.29, 1.82) is 0 Å². The van der Waals surface area contributed by atoms with Crippen LogP contribution in [0.5, 0.6) is 0 Å². The molecule has 0 saturated heterocycles. The van der Waals surface area contributed by atoms with E-state index in [1.807, 2.05) is 30.3 Å². The van der Waals surface area contributed by atoms with Crippen LogP contribution in [0.4, 0.5) is 0 Å². The molecule has 1 aromatic carbocycles. The van der Waals surface area contributed by atoms with Crippen molar-refractivity contribution in [3.05, 3.63) is 48.6 Å². The molecule has 0 bridgehead atoms. The molecule has 0 atom stereocenters. The molecule has 20 heavy (non-hydrogen) atoms. The molecule has 1 nitrogen and oxygen atoms in total. The molecule has 1 aliphatic rings. The van der Waals surface area contributed by atoms with Gasteiger partial charge >= 0.3 is 0 Å². The molecule has 1 aromatic rings. The number of hydrogen-bond acceptors (Lipinski definition) is 1. The summed E-state index contributed by atoms with van der Waals surface area (Å²) < 4.78 is -0.999. The summed E-state index contributed by atoms with van der Waals surface area (Å²) >= 11 is 13.0. The number of alkyl halides is 2. The molecule has 0 aromatic heterocycles. The molecule has 0 heterocycles. The van der Waals surface area contributed by atoms with Crippen LogP contribution in [0.25, 0.3) is 0 Å². The van der Waals surface area contributed by atoms with Gasteiger partial charge in [0.05, 0.1) is 11.8 Å². The van der Waals surface area contributed by atoms with Gasteiger partial charge in [0.2, 0.25) is 0 Å². The topological polar surface area (TPSA) is 12.4 Å². The molecule has 0 radical (unpaired) electrons. The maximum absolute atomic E-state index is 6.52. The Kier molecular flexibility index (Phi) is 5.68. The molecule has 1 saturated carbocycles. The van der Waals surface area contributed by atoms with Crippen LogP contribution in [0.3, 0.4) is 0 Å². The summed E-state index contributed by atoms with van der Waals surface area (Å²) in [5, 5.41) is 0. The first-order valence-electron chi connectivity index (χ1n) is 7.26. The molecule has 0 aliphatic heterocycles. The Morgan fingerprint density at radius 2 is 1.85 bits per heavy atom. The highest BCUT2D eigenvalue weighted by Gasteiger charge is 2.31. The van der Waals surface area contributed by atoms with Crippen molar-refractivity contribution < 1.29 is 0 Å². The van der Waals surface area contributed by atoms with Gasteiger partial charge in [-0.1, -0.05) is 78.9 Å². The average molecular weight is 310 g/mol. The predicted molar refractivity (Wildman–Crippen MR) is 89.1 cm³/mol. The second-order valence-electron chi connectivity index (χ2n) is 5.33. The first-order valence-corrected chi connectivity index (χ1v) is 8.01. The van der Waals surface area contributed by atoms with Crippen LogP contribution in [-0.2, 0) is 0 Å². The standard InChI is InChI=1S/C17H21Cl2N/c1-2-13-17(18,19)16(14-9-5-3-6-10-14)20-15-11-7-4-8-12-15/h2-3,5-6,9-10,15H,1,4,7-8,11-13H2. The Morgan fingerprint density at radius 3 is 2.45 bits per heavy atom. The summed E-state index contributed by atoms with van der Waals surface area (Å²) in [7, 11) is 0. The van der Waals surface area contributed by atoms with Gasteiger partial charge in [0.15, 0.2) is 4.33 Å². The highest BCUT2D eigenvalue weighted by molar-refractivity contribution is 6.60. The van der Waals surface area contributed by atoms with E-state index in [1.165, 1.54) is 19.3 Å². The summed E-state index contributed by atoms with van der Waals surface area (Å²) in [4.78, 5) is 4.90. The first kappa shape index (κ1) is 15.6. The van der Waals surface area contributed by atoms with Crippen molar-refractivity contribution in [2.75, 3.05) is 0 Å². The van der Waals surface area contributed by atoms with Gasteiger partial charge in [-0.25, -0.2) is 0 Å². The minimum Gasteiger partial charge on any atom is -0.283 e. The zero-order valence-corrected chi connectivity index (χ0v) is 13.2. The summed E-state index contributed by atoms with van der Waals surface area (Å²) in [5.74, 6) is 0. The lowest BCUT2D eigenvalue weighted by atomic mass is 9.95. The molecule has 108 valence electrons. The largest absolute Gasteiger partial charge is 0.283 e. The van der Waals surface area contributed by atoms with Crippen molar-refractivity contribution in [3.8, 4) is 0 Å². The Bertz CT molecular complexity index is 459. The minimum absolute atomic E-state index is 0.348. The Morgan fingerprint density at radius 1 is 1.20 bits per heavy atom. The van der Waals surface area contributed by atoms with Gasteiger partial charge in [0.25, 0.3) is 0 Å². The minimum atomic E-state index is -0.999. The second-order valence-corrected chi connectivity index (χ2v) is 6.82. The van der Waals surface area contributed by atoms with Gasteiger partial charge < -0.3 is 0 Å². The lowest BCUT2D eigenvalue weighted by Crippen LogP contribution is -2.29. The van der Waals surface area contributed by atoms with Gasteiger partial charge in [-0.3, -0.25) is 4.99 Å². The van der Waals surface area contributed by atoms with Crippen molar-refractivity contribution in [2.24, 2.45) is 4.99 Å². The van der Waals surface area contributed by atoms with E-state index in [1.54, 1.807) is 6.08 Å². The molecule has 0 N–H and O–H groups in total. The number of hydrogen-bond donors (Lipinski definition) is 0. The SMILES string of the molecule is C=CCC(Cl)(Cl)C(=NC1CCCCC1)c1ccccc1. The third-order valence-corrected chi connectivity index (χ3v) is 4.35. The number of benzene rings is 1. The smallest absolute Gasteiger partial charge is 0.163 e. The Labute approximate surface area is 131 Å². The quantitative estimate of drug-likeness (QED) is 0.383. The van der Waals surface area contributed by atoms with Crippen molar-refractivity contribution in [2.45, 2.75) is 48.9 Å². The zero-order valence-electron chi connectivity index (χ0n) is 11.7. The van der Waals surface area contributed by atoms with Crippen molar-refractivity contribution in [1.82, 2.24) is 0 Å². The highest BCUT2D eigenvalue weighted by atomic mass is 35.5. The van der Waals surface area contributed by atoms with Crippen LogP contribution in [0.1, 0.15) is 44.1 Å². The van der Waals surface area contributed by atoms with Crippen LogP contribution in [0.15, 0.2) is 48.0 Å². The average Bonchev–Trinajstić information content (AvgIpc) is 2.46. The van der Waals surface area contributed by atoms with Crippen LogP contribution in [-0.4, -0.2) is 16.1 Å². The van der Waals surface area contributed by atoms with Gasteiger partial charge in [0.1, 0.15) is 0 Å². The number of allylic oxidation sites excluding steroid dienone is 1. The van der Waals surface area contributed by atoms with E-state index < -0.39 is 4.33 Å². The van der Waals surface area contributed by atoms with Crippen LogP contribution < -0.4 is 0 Å². The molecular weight excluding hydrogens is 289 g/mol. The van der Waals surface area contributed by atoms with E-state index in [0.29, 0.717) is 12.5 Å². The van der Waals surface area contributed by atoms with Crippen molar-refractivity contribution >= 4 is 28.9 Å². The maximum atomic E-state index is 6.52. The molecule has 0 spiro atoms. The fourth-order valence-electron chi connectivity index (χ4n) is 2.65. The van der Waals surface area contributed by atoms with E-state index in [0.717, 1.165) is 24.1 Å². The van der Waals surface area contributed by atoms with Gasteiger partial charge in [-0.2, -0.15) is 0 Å². The highest BCUT2D eigenvalue weighted by Crippen LogP contribution is 2.33. The summed E-state index contributed by atoms with van der Waals surface area (Å²) in [6, 6.07) is 10.3. The first-order chi connectivity index (χ1) is 9.63. The van der Waals surface area contributed by atoms with E-state index in [9.17, 15) is 0 Å². The van der Waals surface area contributed by atoms with E-state index in [2.05, 4.69) is 6.58 Å². The van der Waals surface area contributed by atoms with Gasteiger partial charge in [0, 0.05) is 6.42 Å². The fraction of sp³-hybridized carbons (Fsp3) is 0.471. The molecule has 2 rings (SSSR count). The van der Waals surface area contributed by atoms with Crippen LogP contribution in [0.2, 0.25) is 0 Å². The number of rotatable bonds is 5. The molecule has 3 heteroatoms. The molecular formula is C17H21Cl2N. The van der Waals surface area contributed by atoms with Crippen LogP contribution >= 0.6 is 23.2 Å². The lowest BCUT2D eigenvalue weighted by molar-refractivity contribution is 0.443. The maximum Gasteiger partial charge on any atom is 0.163 e. The molecule has 0 amide bonds. The molecule has 1 aliphatic carbocycles. The zero-order chi connectivity index (χ0) is 14.4. The fourth-order valence-corrected chi connectivity index (χ4v) is 3.18. The summed E-state index contributed by atoms with van der Waals surface area (Å²) in [5.41, 5.74) is 1.79. The predicted octanol–water partition coefficient (Wildman–Crippen LogP) is 5.56. The second kappa shape index (κ2) is 7.28.